The second-order valence-electron chi connectivity index (χ2n) is 16.3. The van der Waals surface area contributed by atoms with E-state index in [1.165, 1.54) is 74.5 Å². The first-order valence-electron chi connectivity index (χ1n) is 21.2. The fraction of sp³-hybridized carbons (Fsp3) is 0.0172. The average molecular weight is 838 g/mol. The molecular weight excluding hydrogens is 803 g/mol. The Morgan fingerprint density at radius 3 is 1.57 bits per heavy atom. The minimum Gasteiger partial charge on any atom is -0.208 e. The second kappa shape index (κ2) is 14.3. The zero-order valence-electron chi connectivity index (χ0n) is 33.9. The molecule has 5 heteroatoms. The van der Waals surface area contributed by atoms with Gasteiger partial charge in [-0.05, 0) is 104 Å². The van der Waals surface area contributed by atoms with E-state index in [-0.39, 0.29) is 0 Å². The second-order valence-corrected chi connectivity index (χ2v) is 18.5. The highest BCUT2D eigenvalue weighted by molar-refractivity contribution is 7.99. The zero-order valence-corrected chi connectivity index (χ0v) is 35.5. The number of hydrogen-bond donors (Lipinski definition) is 0. The Hall–Kier alpha value is -7.44. The highest BCUT2D eigenvalue weighted by atomic mass is 32.2. The summed E-state index contributed by atoms with van der Waals surface area (Å²) in [5.41, 5.74) is 15.0. The third kappa shape index (κ3) is 5.70. The lowest BCUT2D eigenvalue weighted by Crippen LogP contribution is -2.32. The highest BCUT2D eigenvalue weighted by Crippen LogP contribution is 2.63. The van der Waals surface area contributed by atoms with Crippen molar-refractivity contribution in [2.24, 2.45) is 0 Å². The molecule has 3 nitrogen and oxygen atoms in total. The molecule has 3 heterocycles. The number of benzene rings is 9. The molecule has 0 fully saturated rings. The molecule has 0 amide bonds. The molecule has 294 valence electrons. The normalized spacial score (nSPS) is 14.7. The van der Waals surface area contributed by atoms with Gasteiger partial charge in [-0.3, -0.25) is 0 Å². The van der Waals surface area contributed by atoms with E-state index in [0.29, 0.717) is 17.5 Å². The lowest BCUT2D eigenvalue weighted by atomic mass is 9.67. The van der Waals surface area contributed by atoms with Gasteiger partial charge in [-0.2, -0.15) is 0 Å². The molecule has 0 saturated carbocycles. The Balaban J connectivity index is 0.955. The van der Waals surface area contributed by atoms with Gasteiger partial charge < -0.3 is 0 Å². The van der Waals surface area contributed by atoms with Crippen molar-refractivity contribution in [2.45, 2.75) is 15.2 Å². The number of thiophene rings is 1. The van der Waals surface area contributed by atoms with Gasteiger partial charge in [0.2, 0.25) is 0 Å². The monoisotopic (exact) mass is 837 g/mol. The van der Waals surface area contributed by atoms with E-state index in [1.54, 1.807) is 0 Å². The lowest BCUT2D eigenvalue weighted by molar-refractivity contribution is 0.724. The number of hydrogen-bond acceptors (Lipinski definition) is 5. The summed E-state index contributed by atoms with van der Waals surface area (Å²) in [6, 6.07) is 77.0. The van der Waals surface area contributed by atoms with E-state index in [0.717, 1.165) is 27.8 Å². The van der Waals surface area contributed by atoms with Gasteiger partial charge in [0.1, 0.15) is 0 Å². The lowest BCUT2D eigenvalue weighted by Gasteiger charge is -2.40. The maximum absolute atomic E-state index is 5.03. The molecule has 11 aromatic rings. The molecule has 0 bridgehead atoms. The summed E-state index contributed by atoms with van der Waals surface area (Å²) in [6.07, 6.45) is 0. The van der Waals surface area contributed by atoms with Gasteiger partial charge in [-0.15, -0.1) is 11.3 Å². The Morgan fingerprint density at radius 1 is 0.302 bits per heavy atom. The zero-order chi connectivity index (χ0) is 41.5. The van der Waals surface area contributed by atoms with Crippen molar-refractivity contribution in [2.75, 3.05) is 0 Å². The first-order chi connectivity index (χ1) is 31.2. The molecule has 1 atom stereocenters. The summed E-state index contributed by atoms with van der Waals surface area (Å²) >= 11 is 3.78. The van der Waals surface area contributed by atoms with E-state index in [4.69, 9.17) is 15.0 Å². The van der Waals surface area contributed by atoms with E-state index in [2.05, 4.69) is 152 Å². The predicted octanol–water partition coefficient (Wildman–Crippen LogP) is 15.4. The number of fused-ring (bicyclic) bond motifs is 12. The Bertz CT molecular complexity index is 3560. The van der Waals surface area contributed by atoms with Crippen molar-refractivity contribution in [1.82, 2.24) is 15.0 Å². The molecule has 0 saturated heterocycles. The minimum atomic E-state index is -0.482. The van der Waals surface area contributed by atoms with Crippen LogP contribution in [0.25, 0.3) is 87.7 Å². The molecule has 2 aliphatic rings. The van der Waals surface area contributed by atoms with Crippen LogP contribution in [0.3, 0.4) is 0 Å². The van der Waals surface area contributed by atoms with Crippen molar-refractivity contribution in [3.63, 3.8) is 0 Å². The van der Waals surface area contributed by atoms with Crippen LogP contribution in [0, 0.1) is 0 Å². The minimum absolute atomic E-state index is 0.482. The molecule has 63 heavy (non-hydrogen) atoms. The molecule has 0 N–H and O–H groups in total. The van der Waals surface area contributed by atoms with Gasteiger partial charge in [0.15, 0.2) is 17.5 Å². The molecule has 13 rings (SSSR count). The summed E-state index contributed by atoms with van der Waals surface area (Å²) in [5, 5.41) is 2.65. The number of rotatable bonds is 5. The molecule has 2 aromatic heterocycles. The van der Waals surface area contributed by atoms with Crippen LogP contribution in [-0.4, -0.2) is 15.0 Å². The maximum Gasteiger partial charge on any atom is 0.164 e. The molecule has 1 aliphatic carbocycles. The summed E-state index contributed by atoms with van der Waals surface area (Å²) in [5.74, 6) is 1.94. The van der Waals surface area contributed by atoms with E-state index < -0.39 is 5.41 Å². The van der Waals surface area contributed by atoms with Crippen LogP contribution in [0.4, 0.5) is 0 Å². The van der Waals surface area contributed by atoms with Gasteiger partial charge in [0.05, 0.1) is 5.41 Å². The maximum atomic E-state index is 5.03. The molecule has 1 spiro atoms. The fourth-order valence-corrected chi connectivity index (χ4v) is 12.2. The Kier molecular flexibility index (Phi) is 8.23. The SMILES string of the molecule is c1ccc(-c2nc(-c3ccccc3)nc(-c3cccc(-c4cccc(-c5ccc6c(c5)C5(c7ccccc7S6)c6ccccc6-c6cc7sc8ccccc8c7cc65)c4)c3)n2)cc1. The fourth-order valence-electron chi connectivity index (χ4n) is 9.95. The number of aromatic nitrogens is 3. The Labute approximate surface area is 373 Å². The molecular formula is C58H35N3S2. The summed E-state index contributed by atoms with van der Waals surface area (Å²) < 4.78 is 2.66. The van der Waals surface area contributed by atoms with Gasteiger partial charge in [-0.25, -0.2) is 15.0 Å². The van der Waals surface area contributed by atoms with Crippen molar-refractivity contribution in [1.29, 1.82) is 0 Å². The molecule has 1 aliphatic heterocycles. The van der Waals surface area contributed by atoms with Crippen LogP contribution in [0.2, 0.25) is 0 Å². The van der Waals surface area contributed by atoms with Crippen LogP contribution in [0.5, 0.6) is 0 Å². The first kappa shape index (κ1) is 36.2. The number of nitrogens with zero attached hydrogens (tertiary/aromatic N) is 3. The van der Waals surface area contributed by atoms with Crippen LogP contribution in [0.1, 0.15) is 22.3 Å². The third-order valence-electron chi connectivity index (χ3n) is 12.8. The van der Waals surface area contributed by atoms with Crippen molar-refractivity contribution < 1.29 is 0 Å². The average Bonchev–Trinajstić information content (AvgIpc) is 3.86. The van der Waals surface area contributed by atoms with Gasteiger partial charge in [0.25, 0.3) is 0 Å². The van der Waals surface area contributed by atoms with Crippen LogP contribution in [-0.2, 0) is 5.41 Å². The largest absolute Gasteiger partial charge is 0.208 e. The molecule has 0 radical (unpaired) electrons. The summed E-state index contributed by atoms with van der Waals surface area (Å²) in [6.45, 7) is 0. The van der Waals surface area contributed by atoms with Crippen LogP contribution >= 0.6 is 23.1 Å². The van der Waals surface area contributed by atoms with Crippen molar-refractivity contribution >= 4 is 43.3 Å². The van der Waals surface area contributed by atoms with Gasteiger partial charge >= 0.3 is 0 Å². The first-order valence-corrected chi connectivity index (χ1v) is 22.9. The predicted molar refractivity (Wildman–Crippen MR) is 261 cm³/mol. The van der Waals surface area contributed by atoms with Crippen LogP contribution < -0.4 is 0 Å². The standard InChI is InChI=1S/C58H35N3S2/c1-3-15-36(16-4-1)55-59-56(37-17-5-2-6-18-37)61-57(60-55)42-22-14-21-40(32-42)38-19-13-20-39(31-38)41-29-30-53-50(33-41)58(48-26-10-12-28-52(48)63-53)47-25-9-7-23-43(47)45-35-54-46(34-49(45)58)44-24-8-11-27-51(44)62-54/h1-35H. The van der Waals surface area contributed by atoms with Gasteiger partial charge in [0, 0.05) is 46.7 Å². The quantitative estimate of drug-likeness (QED) is 0.173. The molecule has 1 unspecified atom stereocenters. The van der Waals surface area contributed by atoms with E-state index >= 15 is 0 Å². The smallest absolute Gasteiger partial charge is 0.164 e. The summed E-state index contributed by atoms with van der Waals surface area (Å²) in [7, 11) is 0. The van der Waals surface area contributed by atoms with Gasteiger partial charge in [-0.1, -0.05) is 176 Å². The summed E-state index contributed by atoms with van der Waals surface area (Å²) in [4.78, 5) is 17.6. The Morgan fingerprint density at radius 2 is 0.841 bits per heavy atom. The van der Waals surface area contributed by atoms with Crippen molar-refractivity contribution in [3.8, 4) is 67.5 Å². The highest BCUT2D eigenvalue weighted by Gasteiger charge is 2.50. The third-order valence-corrected chi connectivity index (χ3v) is 15.1. The topological polar surface area (TPSA) is 38.7 Å². The van der Waals surface area contributed by atoms with Crippen molar-refractivity contribution in [3.05, 3.63) is 235 Å². The van der Waals surface area contributed by atoms with E-state index in [9.17, 15) is 0 Å². The van der Waals surface area contributed by atoms with Crippen LogP contribution in [0.15, 0.2) is 222 Å². The molecule has 9 aromatic carbocycles. The van der Waals surface area contributed by atoms with E-state index in [1.807, 2.05) is 83.8 Å².